The number of hydrogen-bond donors (Lipinski definition) is 3. The van der Waals surface area contributed by atoms with E-state index in [2.05, 4.69) is 21.2 Å². The van der Waals surface area contributed by atoms with Gasteiger partial charge in [0.2, 0.25) is 0 Å². The highest BCUT2D eigenvalue weighted by Crippen LogP contribution is 1.92. The van der Waals surface area contributed by atoms with E-state index >= 15 is 0 Å². The van der Waals surface area contributed by atoms with Gasteiger partial charge >= 0.3 is 5.69 Å². The molecule has 0 bridgehead atoms. The van der Waals surface area contributed by atoms with Crippen molar-refractivity contribution in [3.8, 4) is 12.3 Å². The molecule has 74 valence electrons. The van der Waals surface area contributed by atoms with Crippen LogP contribution in [0.1, 0.15) is 23.8 Å². The largest absolute Gasteiger partial charge is 0.337 e. The molecule has 0 aliphatic carbocycles. The number of carbonyl (C=O) groups is 1. The van der Waals surface area contributed by atoms with E-state index in [4.69, 9.17) is 6.42 Å². The summed E-state index contributed by atoms with van der Waals surface area (Å²) in [5, 5.41) is 2.58. The Morgan fingerprint density at radius 2 is 2.50 bits per heavy atom. The van der Waals surface area contributed by atoms with Gasteiger partial charge in [-0.15, -0.1) is 6.42 Å². The van der Waals surface area contributed by atoms with E-state index in [-0.39, 0.29) is 17.6 Å². The van der Waals surface area contributed by atoms with Crippen molar-refractivity contribution in [1.82, 2.24) is 15.3 Å². The molecule has 0 fully saturated rings. The number of H-pyrrole nitrogens is 2. The molecule has 14 heavy (non-hydrogen) atoms. The van der Waals surface area contributed by atoms with E-state index in [0.29, 0.717) is 6.42 Å². The maximum Gasteiger partial charge on any atom is 0.323 e. The van der Waals surface area contributed by atoms with Crippen LogP contribution >= 0.6 is 0 Å². The van der Waals surface area contributed by atoms with Gasteiger partial charge in [-0.2, -0.15) is 0 Å². The van der Waals surface area contributed by atoms with Crippen LogP contribution in [0.2, 0.25) is 0 Å². The highest BCUT2D eigenvalue weighted by molar-refractivity contribution is 5.92. The van der Waals surface area contributed by atoms with E-state index in [1.807, 2.05) is 6.92 Å². The number of aromatic amines is 2. The Balaban J connectivity index is 2.68. The van der Waals surface area contributed by atoms with Gasteiger partial charge in [0.15, 0.2) is 0 Å². The lowest BCUT2D eigenvalue weighted by Crippen LogP contribution is -2.33. The molecule has 1 rings (SSSR count). The minimum atomic E-state index is -0.413. The second kappa shape index (κ2) is 4.33. The maximum absolute atomic E-state index is 11.4. The number of imidazole rings is 1. The van der Waals surface area contributed by atoms with Crippen molar-refractivity contribution in [1.29, 1.82) is 0 Å². The molecule has 0 saturated carbocycles. The summed E-state index contributed by atoms with van der Waals surface area (Å²) in [5.41, 5.74) is -0.229. The summed E-state index contributed by atoms with van der Waals surface area (Å²) in [7, 11) is 0. The van der Waals surface area contributed by atoms with Gasteiger partial charge in [-0.25, -0.2) is 4.79 Å². The average molecular weight is 193 g/mol. The van der Waals surface area contributed by atoms with E-state index in [9.17, 15) is 9.59 Å². The van der Waals surface area contributed by atoms with E-state index in [1.54, 1.807) is 0 Å². The smallest absolute Gasteiger partial charge is 0.323 e. The average Bonchev–Trinajstić information content (AvgIpc) is 2.61. The number of amides is 1. The number of hydrogen-bond acceptors (Lipinski definition) is 2. The Bertz CT molecular complexity index is 410. The predicted octanol–water partition coefficient (Wildman–Crippen LogP) is -0.155. The first-order chi connectivity index (χ1) is 6.67. The molecule has 0 spiro atoms. The Morgan fingerprint density at radius 3 is 2.93 bits per heavy atom. The number of rotatable bonds is 3. The zero-order chi connectivity index (χ0) is 10.6. The molecule has 1 amide bonds. The maximum atomic E-state index is 11.4. The van der Waals surface area contributed by atoms with Crippen molar-refractivity contribution in [3.05, 3.63) is 22.4 Å². The normalized spacial score (nSPS) is 11.7. The summed E-state index contributed by atoms with van der Waals surface area (Å²) < 4.78 is 0. The van der Waals surface area contributed by atoms with E-state index in [0.717, 1.165) is 0 Å². The molecule has 1 aromatic rings. The van der Waals surface area contributed by atoms with Crippen molar-refractivity contribution in [3.63, 3.8) is 0 Å². The lowest BCUT2D eigenvalue weighted by molar-refractivity contribution is 0.0940. The second-order valence-corrected chi connectivity index (χ2v) is 2.76. The number of aromatic nitrogens is 2. The van der Waals surface area contributed by atoms with Gasteiger partial charge in [0.25, 0.3) is 5.91 Å². The molecule has 1 aromatic heterocycles. The Labute approximate surface area is 80.9 Å². The van der Waals surface area contributed by atoms with Crippen LogP contribution in [0.15, 0.2) is 11.0 Å². The van der Waals surface area contributed by atoms with Crippen molar-refractivity contribution >= 4 is 5.91 Å². The first-order valence-electron chi connectivity index (χ1n) is 4.22. The third-order valence-electron chi connectivity index (χ3n) is 1.76. The third-order valence-corrected chi connectivity index (χ3v) is 1.76. The van der Waals surface area contributed by atoms with Gasteiger partial charge in [-0.1, -0.05) is 12.8 Å². The van der Waals surface area contributed by atoms with E-state index < -0.39 is 5.69 Å². The summed E-state index contributed by atoms with van der Waals surface area (Å²) in [4.78, 5) is 26.8. The number of terminal acetylenes is 1. The van der Waals surface area contributed by atoms with Gasteiger partial charge < -0.3 is 15.3 Å². The van der Waals surface area contributed by atoms with Crippen LogP contribution in [-0.2, 0) is 0 Å². The standard InChI is InChI=1S/C9H11N3O2/c1-3-6(4-2)11-8(13)7-5-10-9(14)12-7/h1,5-6H,4H2,2H3,(H,11,13)(H2,10,12,14). The van der Waals surface area contributed by atoms with Crippen LogP contribution in [0, 0.1) is 12.3 Å². The minimum Gasteiger partial charge on any atom is -0.337 e. The Kier molecular flexibility index (Phi) is 3.13. The van der Waals surface area contributed by atoms with Gasteiger partial charge in [-0.3, -0.25) is 4.79 Å². The van der Waals surface area contributed by atoms with Crippen molar-refractivity contribution < 1.29 is 4.79 Å². The molecule has 3 N–H and O–H groups in total. The monoisotopic (exact) mass is 193 g/mol. The molecular formula is C9H11N3O2. The summed E-state index contributed by atoms with van der Waals surface area (Å²) in [6.07, 6.45) is 7.13. The highest BCUT2D eigenvalue weighted by atomic mass is 16.2. The van der Waals surface area contributed by atoms with Crippen LogP contribution in [0.4, 0.5) is 0 Å². The zero-order valence-corrected chi connectivity index (χ0v) is 7.76. The first kappa shape index (κ1) is 10.1. The fraction of sp³-hybridized carbons (Fsp3) is 0.333. The summed E-state index contributed by atoms with van der Waals surface area (Å²) >= 11 is 0. The number of nitrogens with one attached hydrogen (secondary N) is 3. The molecule has 0 aliphatic heterocycles. The van der Waals surface area contributed by atoms with Crippen LogP contribution in [0.3, 0.4) is 0 Å². The van der Waals surface area contributed by atoms with Crippen LogP contribution < -0.4 is 11.0 Å². The minimum absolute atomic E-state index is 0.184. The number of carbonyl (C=O) groups excluding carboxylic acids is 1. The van der Waals surface area contributed by atoms with Crippen LogP contribution in [-0.4, -0.2) is 21.9 Å². The topological polar surface area (TPSA) is 77.8 Å². The van der Waals surface area contributed by atoms with Gasteiger partial charge in [0.05, 0.1) is 6.04 Å². The van der Waals surface area contributed by atoms with Gasteiger partial charge in [0.1, 0.15) is 5.69 Å². The Hall–Kier alpha value is -1.96. The van der Waals surface area contributed by atoms with Gasteiger partial charge in [-0.05, 0) is 6.42 Å². The van der Waals surface area contributed by atoms with Crippen molar-refractivity contribution in [2.45, 2.75) is 19.4 Å². The fourth-order valence-corrected chi connectivity index (χ4v) is 0.952. The predicted molar refractivity (Wildman–Crippen MR) is 51.8 cm³/mol. The summed E-state index contributed by atoms with van der Waals surface area (Å²) in [6, 6.07) is -0.305. The molecule has 0 aromatic carbocycles. The quantitative estimate of drug-likeness (QED) is 0.583. The molecule has 1 unspecified atom stereocenters. The fourth-order valence-electron chi connectivity index (χ4n) is 0.952. The molecule has 5 nitrogen and oxygen atoms in total. The third kappa shape index (κ3) is 2.26. The zero-order valence-electron chi connectivity index (χ0n) is 7.76. The Morgan fingerprint density at radius 1 is 1.79 bits per heavy atom. The van der Waals surface area contributed by atoms with E-state index in [1.165, 1.54) is 6.20 Å². The molecule has 0 saturated heterocycles. The van der Waals surface area contributed by atoms with Crippen LogP contribution in [0.25, 0.3) is 0 Å². The molecule has 0 radical (unpaired) electrons. The lowest BCUT2D eigenvalue weighted by atomic mass is 10.2. The summed E-state index contributed by atoms with van der Waals surface area (Å²) in [6.45, 7) is 1.87. The lowest BCUT2D eigenvalue weighted by Gasteiger charge is -2.08. The second-order valence-electron chi connectivity index (χ2n) is 2.76. The summed E-state index contributed by atoms with van der Waals surface area (Å²) in [5.74, 6) is 2.04. The molecule has 1 heterocycles. The first-order valence-corrected chi connectivity index (χ1v) is 4.22. The van der Waals surface area contributed by atoms with Gasteiger partial charge in [0, 0.05) is 6.20 Å². The van der Waals surface area contributed by atoms with Crippen molar-refractivity contribution in [2.75, 3.05) is 0 Å². The van der Waals surface area contributed by atoms with Crippen molar-refractivity contribution in [2.24, 2.45) is 0 Å². The molecular weight excluding hydrogens is 182 g/mol. The highest BCUT2D eigenvalue weighted by Gasteiger charge is 2.10. The molecule has 5 heteroatoms. The molecule has 1 atom stereocenters. The van der Waals surface area contributed by atoms with Crippen LogP contribution in [0.5, 0.6) is 0 Å². The SMILES string of the molecule is C#CC(CC)NC(=O)c1c[nH]c(=O)[nH]1. The molecule has 0 aliphatic rings.